The number of Topliss-reactive ketones (excluding diaryl/α,β-unsaturated/α-hetero) is 1. The number of benzene rings is 2. The molecule has 2 amide bonds. The first-order valence-electron chi connectivity index (χ1n) is 9.66. The quantitative estimate of drug-likeness (QED) is 0.756. The van der Waals surface area contributed by atoms with Crippen molar-refractivity contribution in [2.24, 2.45) is 0 Å². The number of nitrogens with one attached hydrogen (secondary N) is 2. The third-order valence-corrected chi connectivity index (χ3v) is 5.11. The number of amides is 2. The fourth-order valence-electron chi connectivity index (χ4n) is 3.49. The van der Waals surface area contributed by atoms with E-state index in [2.05, 4.69) is 51.7 Å². The first-order chi connectivity index (χ1) is 13.5. The molecule has 0 bridgehead atoms. The number of rotatable bonds is 6. The summed E-state index contributed by atoms with van der Waals surface area (Å²) >= 11 is 0. The van der Waals surface area contributed by atoms with E-state index >= 15 is 0 Å². The van der Waals surface area contributed by atoms with Crippen LogP contribution in [0.25, 0.3) is 0 Å². The van der Waals surface area contributed by atoms with E-state index in [0.717, 1.165) is 26.2 Å². The van der Waals surface area contributed by atoms with Gasteiger partial charge in [0.2, 0.25) is 0 Å². The second kappa shape index (κ2) is 9.48. The average Bonchev–Trinajstić information content (AvgIpc) is 2.70. The zero-order chi connectivity index (χ0) is 19.9. The van der Waals surface area contributed by atoms with Crippen LogP contribution >= 0.6 is 0 Å². The van der Waals surface area contributed by atoms with Gasteiger partial charge in [0.25, 0.3) is 0 Å². The maximum absolute atomic E-state index is 12.2. The number of carbonyl (C=O) groups excluding carboxylic acids is 2. The molecule has 1 heterocycles. The SMILES string of the molecule is CC(=O)c1ccc(NC(=O)NCCN2CCN(C)CC2c2ccccc2)cc1. The molecule has 148 valence electrons. The number of ketones is 1. The minimum atomic E-state index is -0.235. The lowest BCUT2D eigenvalue weighted by atomic mass is 10.0. The van der Waals surface area contributed by atoms with Crippen LogP contribution in [0, 0.1) is 0 Å². The number of carbonyl (C=O) groups is 2. The molecular weight excluding hydrogens is 352 g/mol. The number of hydrogen-bond donors (Lipinski definition) is 2. The predicted octanol–water partition coefficient (Wildman–Crippen LogP) is 3.00. The zero-order valence-corrected chi connectivity index (χ0v) is 16.5. The topological polar surface area (TPSA) is 64.7 Å². The molecule has 6 nitrogen and oxygen atoms in total. The van der Waals surface area contributed by atoms with Crippen LogP contribution in [0.3, 0.4) is 0 Å². The molecule has 1 unspecified atom stereocenters. The molecule has 0 spiro atoms. The summed E-state index contributed by atoms with van der Waals surface area (Å²) in [5.74, 6) is 0.0103. The molecule has 1 atom stereocenters. The van der Waals surface area contributed by atoms with Gasteiger partial charge >= 0.3 is 6.03 Å². The van der Waals surface area contributed by atoms with Gasteiger partial charge in [-0.3, -0.25) is 9.69 Å². The number of anilines is 1. The van der Waals surface area contributed by atoms with Gasteiger partial charge in [0, 0.05) is 50.0 Å². The average molecular weight is 380 g/mol. The van der Waals surface area contributed by atoms with Crippen LogP contribution in [0.15, 0.2) is 54.6 Å². The lowest BCUT2D eigenvalue weighted by Gasteiger charge is -2.40. The Morgan fingerprint density at radius 3 is 2.43 bits per heavy atom. The van der Waals surface area contributed by atoms with E-state index in [4.69, 9.17) is 0 Å². The molecule has 3 rings (SSSR count). The van der Waals surface area contributed by atoms with Crippen LogP contribution in [-0.4, -0.2) is 61.4 Å². The summed E-state index contributed by atoms with van der Waals surface area (Å²) < 4.78 is 0. The normalized spacial score (nSPS) is 17.9. The maximum Gasteiger partial charge on any atom is 0.319 e. The van der Waals surface area contributed by atoms with Gasteiger partial charge in [-0.15, -0.1) is 0 Å². The molecule has 2 N–H and O–H groups in total. The molecule has 1 fully saturated rings. The summed E-state index contributed by atoms with van der Waals surface area (Å²) in [6.07, 6.45) is 0. The Hall–Kier alpha value is -2.70. The predicted molar refractivity (Wildman–Crippen MR) is 112 cm³/mol. The number of nitrogens with zero attached hydrogens (tertiary/aromatic N) is 2. The third-order valence-electron chi connectivity index (χ3n) is 5.11. The highest BCUT2D eigenvalue weighted by Gasteiger charge is 2.26. The third kappa shape index (κ3) is 5.41. The monoisotopic (exact) mass is 380 g/mol. The molecule has 2 aromatic carbocycles. The van der Waals surface area contributed by atoms with E-state index < -0.39 is 0 Å². The lowest BCUT2D eigenvalue weighted by molar-refractivity contribution is 0.0913. The first kappa shape index (κ1) is 20.0. The summed E-state index contributed by atoms with van der Waals surface area (Å²) in [5, 5.41) is 5.73. The lowest BCUT2D eigenvalue weighted by Crippen LogP contribution is -2.49. The molecule has 1 aliphatic heterocycles. The standard InChI is InChI=1S/C22H28N4O2/c1-17(27)18-8-10-20(11-9-18)24-22(28)23-12-13-26-15-14-25(2)16-21(26)19-6-4-3-5-7-19/h3-11,21H,12-16H2,1-2H3,(H2,23,24,28). The number of piperazine rings is 1. The smallest absolute Gasteiger partial charge is 0.319 e. The zero-order valence-electron chi connectivity index (χ0n) is 16.5. The Balaban J connectivity index is 1.50. The highest BCUT2D eigenvalue weighted by atomic mass is 16.2. The summed E-state index contributed by atoms with van der Waals surface area (Å²) in [4.78, 5) is 28.2. The Bertz CT molecular complexity index is 792. The van der Waals surface area contributed by atoms with Crippen molar-refractivity contribution in [3.8, 4) is 0 Å². The van der Waals surface area contributed by atoms with E-state index in [-0.39, 0.29) is 11.8 Å². The summed E-state index contributed by atoms with van der Waals surface area (Å²) in [7, 11) is 2.15. The van der Waals surface area contributed by atoms with Gasteiger partial charge in [-0.25, -0.2) is 4.79 Å². The first-order valence-corrected chi connectivity index (χ1v) is 9.66. The molecule has 0 saturated carbocycles. The molecule has 0 aliphatic carbocycles. The van der Waals surface area contributed by atoms with Crippen molar-refractivity contribution in [3.05, 3.63) is 65.7 Å². The largest absolute Gasteiger partial charge is 0.337 e. The minimum absolute atomic E-state index is 0.0103. The van der Waals surface area contributed by atoms with Crippen molar-refractivity contribution >= 4 is 17.5 Å². The van der Waals surface area contributed by atoms with Crippen LogP contribution in [0.1, 0.15) is 28.9 Å². The van der Waals surface area contributed by atoms with E-state index in [0.29, 0.717) is 23.8 Å². The molecule has 1 saturated heterocycles. The van der Waals surface area contributed by atoms with Gasteiger partial charge in [0.05, 0.1) is 0 Å². The maximum atomic E-state index is 12.2. The molecule has 0 aromatic heterocycles. The van der Waals surface area contributed by atoms with Crippen molar-refractivity contribution in [3.63, 3.8) is 0 Å². The minimum Gasteiger partial charge on any atom is -0.337 e. The second-order valence-electron chi connectivity index (χ2n) is 7.24. The van der Waals surface area contributed by atoms with Crippen molar-refractivity contribution in [2.75, 3.05) is 45.1 Å². The van der Waals surface area contributed by atoms with E-state index in [1.54, 1.807) is 24.3 Å². The van der Waals surface area contributed by atoms with Crippen molar-refractivity contribution in [1.29, 1.82) is 0 Å². The number of urea groups is 1. The fourth-order valence-corrected chi connectivity index (χ4v) is 3.49. The molecule has 6 heteroatoms. The molecule has 2 aromatic rings. The molecule has 0 radical (unpaired) electrons. The number of likely N-dealkylation sites (N-methyl/N-ethyl adjacent to an activating group) is 1. The van der Waals surface area contributed by atoms with Crippen molar-refractivity contribution in [1.82, 2.24) is 15.1 Å². The van der Waals surface area contributed by atoms with Gasteiger partial charge in [0.1, 0.15) is 0 Å². The van der Waals surface area contributed by atoms with Crippen LogP contribution in [-0.2, 0) is 0 Å². The van der Waals surface area contributed by atoms with Gasteiger partial charge in [-0.05, 0) is 43.8 Å². The molecule has 28 heavy (non-hydrogen) atoms. The Kier molecular flexibility index (Phi) is 6.79. The van der Waals surface area contributed by atoms with Crippen molar-refractivity contribution < 1.29 is 9.59 Å². The summed E-state index contributed by atoms with van der Waals surface area (Å²) in [6, 6.07) is 17.5. The second-order valence-corrected chi connectivity index (χ2v) is 7.24. The Labute approximate surface area is 166 Å². The number of hydrogen-bond acceptors (Lipinski definition) is 4. The van der Waals surface area contributed by atoms with Gasteiger partial charge in [-0.1, -0.05) is 30.3 Å². The van der Waals surface area contributed by atoms with Crippen LogP contribution < -0.4 is 10.6 Å². The van der Waals surface area contributed by atoms with E-state index in [1.807, 2.05) is 6.07 Å². The highest BCUT2D eigenvalue weighted by Crippen LogP contribution is 2.24. The Morgan fingerprint density at radius 1 is 1.04 bits per heavy atom. The van der Waals surface area contributed by atoms with Crippen molar-refractivity contribution in [2.45, 2.75) is 13.0 Å². The molecular formula is C22H28N4O2. The Morgan fingerprint density at radius 2 is 1.75 bits per heavy atom. The van der Waals surface area contributed by atoms with E-state index in [9.17, 15) is 9.59 Å². The summed E-state index contributed by atoms with van der Waals surface area (Å²) in [6.45, 7) is 5.88. The van der Waals surface area contributed by atoms with Gasteiger partial charge in [0.15, 0.2) is 5.78 Å². The highest BCUT2D eigenvalue weighted by molar-refractivity contribution is 5.95. The van der Waals surface area contributed by atoms with Crippen LogP contribution in [0.5, 0.6) is 0 Å². The van der Waals surface area contributed by atoms with Crippen LogP contribution in [0.4, 0.5) is 10.5 Å². The van der Waals surface area contributed by atoms with E-state index in [1.165, 1.54) is 12.5 Å². The van der Waals surface area contributed by atoms with Gasteiger partial charge in [-0.2, -0.15) is 0 Å². The van der Waals surface area contributed by atoms with Crippen LogP contribution in [0.2, 0.25) is 0 Å². The molecule has 1 aliphatic rings. The fraction of sp³-hybridized carbons (Fsp3) is 0.364. The summed E-state index contributed by atoms with van der Waals surface area (Å²) in [5.41, 5.74) is 2.61. The van der Waals surface area contributed by atoms with Gasteiger partial charge < -0.3 is 15.5 Å².